The molecule has 20 heavy (non-hydrogen) atoms. The Morgan fingerprint density at radius 1 is 1.35 bits per heavy atom. The number of benzene rings is 1. The number of carbonyl (C=O) groups is 1. The maximum Gasteiger partial charge on any atom is 0.297 e. The summed E-state index contributed by atoms with van der Waals surface area (Å²) in [6, 6.07) is 6.70. The lowest BCUT2D eigenvalue weighted by molar-refractivity contribution is -0.116. The molecule has 1 aliphatic rings. The van der Waals surface area contributed by atoms with E-state index in [2.05, 4.69) is 17.2 Å². The van der Waals surface area contributed by atoms with Gasteiger partial charge in [-0.1, -0.05) is 19.8 Å². The van der Waals surface area contributed by atoms with Crippen molar-refractivity contribution in [3.8, 4) is 29.4 Å². The molecule has 0 radical (unpaired) electrons. The van der Waals surface area contributed by atoms with Gasteiger partial charge in [0.2, 0.25) is 6.79 Å². The summed E-state index contributed by atoms with van der Waals surface area (Å²) < 4.78 is 10.4. The maximum absolute atomic E-state index is 11.6. The number of nitrogens with one attached hydrogen (secondary N) is 1. The molecule has 5 heteroatoms. The van der Waals surface area contributed by atoms with Gasteiger partial charge in [-0.15, -0.1) is 0 Å². The van der Waals surface area contributed by atoms with Gasteiger partial charge in [0.25, 0.3) is 5.91 Å². The van der Waals surface area contributed by atoms with Gasteiger partial charge in [0.1, 0.15) is 6.04 Å². The fraction of sp³-hybridized carbons (Fsp3) is 0.333. The first kappa shape index (κ1) is 13.8. The average molecular weight is 270 g/mol. The van der Waals surface area contributed by atoms with E-state index in [-0.39, 0.29) is 12.7 Å². The summed E-state index contributed by atoms with van der Waals surface area (Å²) in [6.07, 6.45) is 0. The van der Waals surface area contributed by atoms with Crippen LogP contribution in [0.4, 0.5) is 0 Å². The Bertz CT molecular complexity index is 620. The zero-order chi connectivity index (χ0) is 14.5. The second kappa shape index (κ2) is 5.99. The Balaban J connectivity index is 2.04. The number of rotatable bonds is 2. The number of carbonyl (C=O) groups excluding carboxylic acids is 1. The fourth-order valence-electron chi connectivity index (χ4n) is 1.63. The molecule has 1 N–H and O–H groups in total. The van der Waals surface area contributed by atoms with Gasteiger partial charge in [-0.25, -0.2) is 0 Å². The Morgan fingerprint density at radius 3 is 2.80 bits per heavy atom. The molecule has 0 aromatic heterocycles. The van der Waals surface area contributed by atoms with Gasteiger partial charge in [-0.05, 0) is 24.1 Å². The first-order valence-corrected chi connectivity index (χ1v) is 6.22. The summed E-state index contributed by atoms with van der Waals surface area (Å²) in [4.78, 5) is 11.6. The largest absolute Gasteiger partial charge is 0.454 e. The number of hydrogen-bond donors (Lipinski definition) is 1. The van der Waals surface area contributed by atoms with Gasteiger partial charge in [0.15, 0.2) is 11.5 Å². The van der Waals surface area contributed by atoms with Crippen LogP contribution in [0.15, 0.2) is 18.2 Å². The lowest BCUT2D eigenvalue weighted by Gasteiger charge is -2.12. The van der Waals surface area contributed by atoms with Crippen LogP contribution in [-0.4, -0.2) is 18.7 Å². The van der Waals surface area contributed by atoms with E-state index in [1.54, 1.807) is 18.2 Å². The number of fused-ring (bicyclic) bond motifs is 1. The Labute approximate surface area is 117 Å². The Morgan fingerprint density at radius 2 is 2.10 bits per heavy atom. The number of amides is 1. The first-order chi connectivity index (χ1) is 9.60. The van der Waals surface area contributed by atoms with Crippen LogP contribution in [0.5, 0.6) is 11.5 Å². The predicted octanol–water partition coefficient (Wildman–Crippen LogP) is 1.43. The summed E-state index contributed by atoms with van der Waals surface area (Å²) in [5.74, 6) is 6.06. The van der Waals surface area contributed by atoms with Crippen molar-refractivity contribution in [1.82, 2.24) is 5.32 Å². The van der Waals surface area contributed by atoms with E-state index in [9.17, 15) is 4.79 Å². The number of nitrogens with zero attached hydrogens (tertiary/aromatic N) is 1. The van der Waals surface area contributed by atoms with Crippen molar-refractivity contribution >= 4 is 5.91 Å². The number of hydrogen-bond acceptors (Lipinski definition) is 4. The topological polar surface area (TPSA) is 71.4 Å². The Hall–Kier alpha value is -2.66. The van der Waals surface area contributed by atoms with Gasteiger partial charge in [-0.3, -0.25) is 4.79 Å². The molecule has 0 bridgehead atoms. The Kier molecular flexibility index (Phi) is 4.12. The van der Waals surface area contributed by atoms with E-state index in [1.807, 2.05) is 19.9 Å². The quantitative estimate of drug-likeness (QED) is 0.825. The van der Waals surface area contributed by atoms with Crippen molar-refractivity contribution in [3.63, 3.8) is 0 Å². The van der Waals surface area contributed by atoms with E-state index in [1.165, 1.54) is 0 Å². The van der Waals surface area contributed by atoms with Crippen molar-refractivity contribution < 1.29 is 14.3 Å². The normalized spacial score (nSPS) is 13.1. The van der Waals surface area contributed by atoms with E-state index in [0.29, 0.717) is 17.1 Å². The third kappa shape index (κ3) is 3.21. The third-order valence-electron chi connectivity index (χ3n) is 2.79. The lowest BCUT2D eigenvalue weighted by atomic mass is 10.1. The molecule has 0 spiro atoms. The van der Waals surface area contributed by atoms with E-state index < -0.39 is 11.9 Å². The van der Waals surface area contributed by atoms with Crippen LogP contribution in [0.1, 0.15) is 19.4 Å². The fourth-order valence-corrected chi connectivity index (χ4v) is 1.63. The van der Waals surface area contributed by atoms with Crippen LogP contribution < -0.4 is 14.8 Å². The van der Waals surface area contributed by atoms with Crippen LogP contribution in [0, 0.1) is 29.1 Å². The van der Waals surface area contributed by atoms with Gasteiger partial charge in [0.05, 0.1) is 6.07 Å². The number of ether oxygens (including phenoxy) is 2. The lowest BCUT2D eigenvalue weighted by Crippen LogP contribution is -2.36. The van der Waals surface area contributed by atoms with Gasteiger partial charge in [-0.2, -0.15) is 5.26 Å². The van der Waals surface area contributed by atoms with Gasteiger partial charge in [0, 0.05) is 11.5 Å². The molecular weight excluding hydrogens is 256 g/mol. The number of nitriles is 1. The molecule has 1 aromatic carbocycles. The minimum absolute atomic E-state index is 0.0382. The van der Waals surface area contributed by atoms with Crippen LogP contribution in [0.25, 0.3) is 0 Å². The summed E-state index contributed by atoms with van der Waals surface area (Å²) in [5, 5.41) is 11.5. The second-order valence-electron chi connectivity index (χ2n) is 4.64. The highest BCUT2D eigenvalue weighted by Gasteiger charge is 2.14. The van der Waals surface area contributed by atoms with Crippen molar-refractivity contribution in [2.75, 3.05) is 6.79 Å². The zero-order valence-corrected chi connectivity index (χ0v) is 11.3. The molecule has 0 aliphatic carbocycles. The molecule has 0 fully saturated rings. The minimum Gasteiger partial charge on any atom is -0.454 e. The monoisotopic (exact) mass is 270 g/mol. The van der Waals surface area contributed by atoms with E-state index >= 15 is 0 Å². The smallest absolute Gasteiger partial charge is 0.297 e. The molecule has 0 saturated carbocycles. The molecule has 1 aromatic rings. The highest BCUT2D eigenvalue weighted by Crippen LogP contribution is 2.32. The van der Waals surface area contributed by atoms with E-state index in [4.69, 9.17) is 14.7 Å². The van der Waals surface area contributed by atoms with Gasteiger partial charge >= 0.3 is 0 Å². The molecular formula is C15H14N2O3. The average Bonchev–Trinajstić information content (AvgIpc) is 2.89. The molecule has 0 saturated heterocycles. The second-order valence-corrected chi connectivity index (χ2v) is 4.64. The summed E-state index contributed by atoms with van der Waals surface area (Å²) >= 11 is 0. The SMILES string of the molecule is CC(C)[C@H](C#N)NC(=O)C#Cc1ccc2c(c1)OCO2. The van der Waals surface area contributed by atoms with Crippen LogP contribution in [-0.2, 0) is 4.79 Å². The van der Waals surface area contributed by atoms with E-state index in [0.717, 1.165) is 0 Å². The molecule has 0 unspecified atom stereocenters. The summed E-state index contributed by atoms with van der Waals surface area (Å²) in [5.41, 5.74) is 0.655. The van der Waals surface area contributed by atoms with Crippen LogP contribution in [0.2, 0.25) is 0 Å². The van der Waals surface area contributed by atoms with Crippen LogP contribution in [0.3, 0.4) is 0 Å². The summed E-state index contributed by atoms with van der Waals surface area (Å²) in [6.45, 7) is 3.92. The third-order valence-corrected chi connectivity index (χ3v) is 2.79. The molecule has 1 heterocycles. The molecule has 2 rings (SSSR count). The van der Waals surface area contributed by atoms with Crippen LogP contribution >= 0.6 is 0 Å². The molecule has 5 nitrogen and oxygen atoms in total. The first-order valence-electron chi connectivity index (χ1n) is 6.22. The predicted molar refractivity (Wildman–Crippen MR) is 71.8 cm³/mol. The van der Waals surface area contributed by atoms with Crippen molar-refractivity contribution in [1.29, 1.82) is 5.26 Å². The molecule has 1 aliphatic heterocycles. The van der Waals surface area contributed by atoms with Crippen molar-refractivity contribution in [2.24, 2.45) is 5.92 Å². The molecule has 1 amide bonds. The molecule has 102 valence electrons. The highest BCUT2D eigenvalue weighted by molar-refractivity contribution is 5.94. The minimum atomic E-state index is -0.534. The van der Waals surface area contributed by atoms with Crippen molar-refractivity contribution in [2.45, 2.75) is 19.9 Å². The maximum atomic E-state index is 11.6. The van der Waals surface area contributed by atoms with Gasteiger partial charge < -0.3 is 14.8 Å². The highest BCUT2D eigenvalue weighted by atomic mass is 16.7. The molecule has 1 atom stereocenters. The van der Waals surface area contributed by atoms with Crippen molar-refractivity contribution in [3.05, 3.63) is 23.8 Å². The zero-order valence-electron chi connectivity index (χ0n) is 11.3. The summed E-state index contributed by atoms with van der Waals surface area (Å²) in [7, 11) is 0. The standard InChI is InChI=1S/C15H14N2O3/c1-10(2)12(8-16)17-15(18)6-4-11-3-5-13-14(7-11)20-9-19-13/h3,5,7,10,12H,9H2,1-2H3,(H,17,18)/t12-/m0/s1.